The van der Waals surface area contributed by atoms with Gasteiger partial charge in [-0.25, -0.2) is 0 Å². The molecular formula is C7H7Cl2N3. The minimum Gasteiger partial charge on any atom is -0.397 e. The number of amidine groups is 1. The molecule has 5 heteroatoms. The van der Waals surface area contributed by atoms with Crippen LogP contribution in [0.1, 0.15) is 5.56 Å². The smallest absolute Gasteiger partial charge is 0.124 e. The standard InChI is InChI=1S/C7H7Cl2N3/c8-5-3(7(11)12)1-2-4(10)6(5)9/h1-2H,10H2,(H3,11,12). The highest BCUT2D eigenvalue weighted by atomic mass is 35.5. The monoisotopic (exact) mass is 203 g/mol. The van der Waals surface area contributed by atoms with Crippen molar-refractivity contribution in [3.8, 4) is 0 Å². The molecule has 0 amide bonds. The van der Waals surface area contributed by atoms with Crippen LogP contribution in [-0.4, -0.2) is 5.84 Å². The number of anilines is 1. The molecule has 0 spiro atoms. The fraction of sp³-hybridized carbons (Fsp3) is 0. The molecule has 1 aromatic rings. The van der Waals surface area contributed by atoms with Crippen LogP contribution >= 0.6 is 23.2 Å². The highest BCUT2D eigenvalue weighted by Crippen LogP contribution is 2.30. The molecule has 0 saturated carbocycles. The first-order valence-corrected chi connectivity index (χ1v) is 3.87. The van der Waals surface area contributed by atoms with Crippen LogP contribution in [0.15, 0.2) is 12.1 Å². The summed E-state index contributed by atoms with van der Waals surface area (Å²) in [6.07, 6.45) is 0. The lowest BCUT2D eigenvalue weighted by Gasteiger charge is -2.05. The summed E-state index contributed by atoms with van der Waals surface area (Å²) >= 11 is 11.5. The molecule has 64 valence electrons. The van der Waals surface area contributed by atoms with Crippen LogP contribution < -0.4 is 11.5 Å². The van der Waals surface area contributed by atoms with Crippen molar-refractivity contribution < 1.29 is 0 Å². The zero-order valence-electron chi connectivity index (χ0n) is 6.07. The van der Waals surface area contributed by atoms with Crippen molar-refractivity contribution in [2.24, 2.45) is 5.73 Å². The van der Waals surface area contributed by atoms with Gasteiger partial charge in [0.25, 0.3) is 0 Å². The van der Waals surface area contributed by atoms with Gasteiger partial charge in [-0.1, -0.05) is 23.2 Å². The largest absolute Gasteiger partial charge is 0.397 e. The van der Waals surface area contributed by atoms with Crippen LogP contribution in [0.25, 0.3) is 0 Å². The van der Waals surface area contributed by atoms with Gasteiger partial charge in [-0.15, -0.1) is 0 Å². The Balaban J connectivity index is 3.36. The molecule has 0 unspecified atom stereocenters. The molecular weight excluding hydrogens is 197 g/mol. The van der Waals surface area contributed by atoms with E-state index in [0.29, 0.717) is 11.3 Å². The summed E-state index contributed by atoms with van der Waals surface area (Å²) in [6, 6.07) is 3.12. The lowest BCUT2D eigenvalue weighted by Crippen LogP contribution is -2.12. The second-order valence-electron chi connectivity index (χ2n) is 2.24. The Morgan fingerprint density at radius 3 is 2.33 bits per heavy atom. The summed E-state index contributed by atoms with van der Waals surface area (Å²) < 4.78 is 0. The molecule has 0 radical (unpaired) electrons. The molecule has 5 N–H and O–H groups in total. The van der Waals surface area contributed by atoms with Crippen molar-refractivity contribution in [2.45, 2.75) is 0 Å². The topological polar surface area (TPSA) is 75.9 Å². The zero-order valence-corrected chi connectivity index (χ0v) is 7.58. The number of hydrogen-bond donors (Lipinski definition) is 3. The van der Waals surface area contributed by atoms with Gasteiger partial charge in [0.05, 0.1) is 15.7 Å². The number of benzene rings is 1. The molecule has 1 rings (SSSR count). The summed E-state index contributed by atoms with van der Waals surface area (Å²) in [5.74, 6) is -0.123. The minimum absolute atomic E-state index is 0.123. The highest BCUT2D eigenvalue weighted by Gasteiger charge is 2.09. The number of hydrogen-bond acceptors (Lipinski definition) is 2. The molecule has 0 bridgehead atoms. The van der Waals surface area contributed by atoms with Gasteiger partial charge in [0, 0.05) is 5.56 Å². The van der Waals surface area contributed by atoms with E-state index in [-0.39, 0.29) is 15.9 Å². The fourth-order valence-corrected chi connectivity index (χ4v) is 1.21. The van der Waals surface area contributed by atoms with E-state index in [0.717, 1.165) is 0 Å². The number of nitrogens with two attached hydrogens (primary N) is 2. The van der Waals surface area contributed by atoms with Gasteiger partial charge < -0.3 is 11.5 Å². The first-order chi connectivity index (χ1) is 5.54. The van der Waals surface area contributed by atoms with E-state index < -0.39 is 0 Å². The van der Waals surface area contributed by atoms with Gasteiger partial charge in [-0.2, -0.15) is 0 Å². The molecule has 0 atom stereocenters. The third-order valence-electron chi connectivity index (χ3n) is 1.40. The number of nitrogen functional groups attached to an aromatic ring is 2. The quantitative estimate of drug-likeness (QED) is 0.371. The van der Waals surface area contributed by atoms with Crippen molar-refractivity contribution in [1.29, 1.82) is 5.41 Å². The molecule has 0 aliphatic heterocycles. The van der Waals surface area contributed by atoms with E-state index in [4.69, 9.17) is 40.1 Å². The first kappa shape index (κ1) is 9.16. The lowest BCUT2D eigenvalue weighted by molar-refractivity contribution is 1.42. The van der Waals surface area contributed by atoms with Gasteiger partial charge in [0.15, 0.2) is 0 Å². The summed E-state index contributed by atoms with van der Waals surface area (Å²) in [4.78, 5) is 0. The highest BCUT2D eigenvalue weighted by molar-refractivity contribution is 6.45. The lowest BCUT2D eigenvalue weighted by atomic mass is 10.2. The molecule has 12 heavy (non-hydrogen) atoms. The van der Waals surface area contributed by atoms with Crippen molar-refractivity contribution in [3.63, 3.8) is 0 Å². The normalized spacial score (nSPS) is 9.83. The third-order valence-corrected chi connectivity index (χ3v) is 2.30. The first-order valence-electron chi connectivity index (χ1n) is 3.12. The number of nitrogens with one attached hydrogen (secondary N) is 1. The van der Waals surface area contributed by atoms with Gasteiger partial charge in [-0.05, 0) is 12.1 Å². The van der Waals surface area contributed by atoms with Gasteiger partial charge in [0.2, 0.25) is 0 Å². The Hall–Kier alpha value is -0.930. The average molecular weight is 204 g/mol. The maximum Gasteiger partial charge on any atom is 0.124 e. The second-order valence-corrected chi connectivity index (χ2v) is 3.00. The maximum atomic E-state index is 7.14. The molecule has 0 aliphatic rings. The maximum absolute atomic E-state index is 7.14. The molecule has 0 aliphatic carbocycles. The Kier molecular flexibility index (Phi) is 2.45. The Labute approximate surface area is 79.8 Å². The average Bonchev–Trinajstić information content (AvgIpc) is 2.00. The van der Waals surface area contributed by atoms with Crippen molar-refractivity contribution in [1.82, 2.24) is 0 Å². The predicted molar refractivity (Wildman–Crippen MR) is 51.9 cm³/mol. The molecule has 0 heterocycles. The SMILES string of the molecule is N=C(N)c1ccc(N)c(Cl)c1Cl. The van der Waals surface area contributed by atoms with E-state index in [1.54, 1.807) is 12.1 Å². The van der Waals surface area contributed by atoms with E-state index in [1.807, 2.05) is 0 Å². The van der Waals surface area contributed by atoms with Gasteiger partial charge in [0.1, 0.15) is 5.84 Å². The third kappa shape index (κ3) is 1.47. The van der Waals surface area contributed by atoms with E-state index >= 15 is 0 Å². The van der Waals surface area contributed by atoms with Crippen LogP contribution in [0, 0.1) is 5.41 Å². The Morgan fingerprint density at radius 1 is 1.25 bits per heavy atom. The molecule has 0 aromatic heterocycles. The Morgan fingerprint density at radius 2 is 1.83 bits per heavy atom. The molecule has 0 saturated heterocycles. The van der Waals surface area contributed by atoms with E-state index in [2.05, 4.69) is 0 Å². The summed E-state index contributed by atoms with van der Waals surface area (Å²) in [6.45, 7) is 0. The zero-order chi connectivity index (χ0) is 9.30. The van der Waals surface area contributed by atoms with Gasteiger partial charge in [-0.3, -0.25) is 5.41 Å². The summed E-state index contributed by atoms with van der Waals surface area (Å²) in [7, 11) is 0. The van der Waals surface area contributed by atoms with Crippen LogP contribution in [-0.2, 0) is 0 Å². The number of halogens is 2. The van der Waals surface area contributed by atoms with Crippen molar-refractivity contribution in [3.05, 3.63) is 27.7 Å². The molecule has 0 fully saturated rings. The van der Waals surface area contributed by atoms with Crippen LogP contribution in [0.4, 0.5) is 5.69 Å². The van der Waals surface area contributed by atoms with Gasteiger partial charge >= 0.3 is 0 Å². The second kappa shape index (κ2) is 3.21. The fourth-order valence-electron chi connectivity index (χ4n) is 0.772. The predicted octanol–water partition coefficient (Wildman–Crippen LogP) is 1.86. The van der Waals surface area contributed by atoms with Crippen molar-refractivity contribution in [2.75, 3.05) is 5.73 Å². The molecule has 1 aromatic carbocycles. The van der Waals surface area contributed by atoms with Crippen LogP contribution in [0.5, 0.6) is 0 Å². The Bertz CT molecular complexity index is 336. The minimum atomic E-state index is -0.123. The number of rotatable bonds is 1. The van der Waals surface area contributed by atoms with Crippen LogP contribution in [0.2, 0.25) is 10.0 Å². The summed E-state index contributed by atoms with van der Waals surface area (Å²) in [5.41, 5.74) is 11.5. The van der Waals surface area contributed by atoms with E-state index in [1.165, 1.54) is 0 Å². The van der Waals surface area contributed by atoms with Crippen molar-refractivity contribution >= 4 is 34.7 Å². The summed E-state index contributed by atoms with van der Waals surface area (Å²) in [5, 5.41) is 7.60. The van der Waals surface area contributed by atoms with Crippen LogP contribution in [0.3, 0.4) is 0 Å². The molecule has 3 nitrogen and oxygen atoms in total. The van der Waals surface area contributed by atoms with E-state index in [9.17, 15) is 0 Å².